The van der Waals surface area contributed by atoms with Crippen molar-refractivity contribution in [3.63, 3.8) is 0 Å². The summed E-state index contributed by atoms with van der Waals surface area (Å²) in [4.78, 5) is 23.7. The van der Waals surface area contributed by atoms with E-state index in [2.05, 4.69) is 10.3 Å². The Labute approximate surface area is 131 Å². The molecule has 0 atom stereocenters. The lowest BCUT2D eigenvalue weighted by atomic mass is 10.2. The fourth-order valence-corrected chi connectivity index (χ4v) is 2.88. The number of hydrogen-bond acceptors (Lipinski definition) is 6. The Kier molecular flexibility index (Phi) is 5.26. The van der Waals surface area contributed by atoms with Gasteiger partial charge in [-0.25, -0.2) is 9.48 Å². The number of ether oxygens (including phenoxy) is 1. The van der Waals surface area contributed by atoms with E-state index < -0.39 is 11.9 Å². The number of rotatable bonds is 7. The number of hydrogen-bond donors (Lipinski definition) is 1. The van der Waals surface area contributed by atoms with Crippen molar-refractivity contribution in [2.45, 2.75) is 33.1 Å². The van der Waals surface area contributed by atoms with Crippen molar-refractivity contribution in [1.82, 2.24) is 15.0 Å². The van der Waals surface area contributed by atoms with Crippen molar-refractivity contribution in [2.24, 2.45) is 0 Å². The zero-order valence-electron chi connectivity index (χ0n) is 12.4. The largest absolute Gasteiger partial charge is 0.481 e. The summed E-state index contributed by atoms with van der Waals surface area (Å²) in [6.07, 6.45) is 2.75. The van der Waals surface area contributed by atoms with Gasteiger partial charge >= 0.3 is 11.9 Å². The number of aromatic nitrogens is 3. The molecule has 2 heterocycles. The molecule has 0 saturated carbocycles. The molecule has 0 aliphatic carbocycles. The minimum Gasteiger partial charge on any atom is -0.481 e. The first-order valence-corrected chi connectivity index (χ1v) is 7.80. The second-order valence-corrected chi connectivity index (χ2v) is 5.67. The highest BCUT2D eigenvalue weighted by molar-refractivity contribution is 7.14. The Hall–Kier alpha value is -2.22. The second kappa shape index (κ2) is 7.17. The van der Waals surface area contributed by atoms with Gasteiger partial charge in [-0.2, -0.15) is 0 Å². The van der Waals surface area contributed by atoms with Gasteiger partial charge < -0.3 is 9.84 Å². The molecular weight excluding hydrogens is 306 g/mol. The molecule has 0 unspecified atom stereocenters. The molecule has 0 spiro atoms. The van der Waals surface area contributed by atoms with Crippen LogP contribution in [-0.4, -0.2) is 38.6 Å². The molecule has 0 radical (unpaired) electrons. The smallest absolute Gasteiger partial charge is 0.341 e. The van der Waals surface area contributed by atoms with Gasteiger partial charge in [-0.15, -0.1) is 16.4 Å². The molecular formula is C14H17N3O4S. The predicted octanol–water partition coefficient (Wildman–Crippen LogP) is 2.09. The van der Waals surface area contributed by atoms with Crippen molar-refractivity contribution in [2.75, 3.05) is 6.61 Å². The van der Waals surface area contributed by atoms with Gasteiger partial charge in [-0.3, -0.25) is 4.79 Å². The van der Waals surface area contributed by atoms with Crippen LogP contribution >= 0.6 is 11.3 Å². The highest BCUT2D eigenvalue weighted by atomic mass is 32.1. The summed E-state index contributed by atoms with van der Waals surface area (Å²) in [5.41, 5.74) is 1.03. The van der Waals surface area contributed by atoms with Crippen LogP contribution in [0.3, 0.4) is 0 Å². The third kappa shape index (κ3) is 3.70. The number of carbonyl (C=O) groups is 2. The Morgan fingerprint density at radius 2 is 2.18 bits per heavy atom. The molecule has 8 heteroatoms. The first kappa shape index (κ1) is 16.2. The molecule has 7 nitrogen and oxygen atoms in total. The lowest BCUT2D eigenvalue weighted by Gasteiger charge is -2.02. The number of carboxylic acid groups (broad SMARTS) is 1. The summed E-state index contributed by atoms with van der Waals surface area (Å²) in [7, 11) is 0. The number of aryl methyl sites for hydroxylation is 2. The number of esters is 1. The zero-order chi connectivity index (χ0) is 16.1. The maximum atomic E-state index is 12.0. The van der Waals surface area contributed by atoms with Crippen molar-refractivity contribution in [1.29, 1.82) is 0 Å². The predicted molar refractivity (Wildman–Crippen MR) is 80.5 cm³/mol. The average Bonchev–Trinajstić information content (AvgIpc) is 3.11. The molecule has 0 fully saturated rings. The van der Waals surface area contributed by atoms with Gasteiger partial charge in [0.05, 0.1) is 30.5 Å². The van der Waals surface area contributed by atoms with Crippen LogP contribution in [0.5, 0.6) is 0 Å². The number of carbonyl (C=O) groups excluding carboxylic acids is 1. The Morgan fingerprint density at radius 1 is 1.41 bits per heavy atom. The molecule has 2 aromatic rings. The number of thiophene rings is 1. The summed E-state index contributed by atoms with van der Waals surface area (Å²) in [5.74, 6) is -1.28. The minimum absolute atomic E-state index is 0.00588. The van der Waals surface area contributed by atoms with Gasteiger partial charge in [0.25, 0.3) is 0 Å². The molecule has 22 heavy (non-hydrogen) atoms. The average molecular weight is 323 g/mol. The molecule has 2 rings (SSSR count). The maximum absolute atomic E-state index is 12.0. The molecule has 0 bridgehead atoms. The van der Waals surface area contributed by atoms with Gasteiger partial charge in [0.15, 0.2) is 0 Å². The lowest BCUT2D eigenvalue weighted by molar-refractivity contribution is -0.136. The van der Waals surface area contributed by atoms with Crippen molar-refractivity contribution in [3.8, 4) is 5.00 Å². The van der Waals surface area contributed by atoms with E-state index in [1.807, 2.05) is 6.92 Å². The Balaban J connectivity index is 2.29. The normalized spacial score (nSPS) is 10.6. The second-order valence-electron chi connectivity index (χ2n) is 4.55. The van der Waals surface area contributed by atoms with Gasteiger partial charge in [0.1, 0.15) is 5.00 Å². The molecule has 0 amide bonds. The number of aliphatic carboxylic acids is 1. The molecule has 2 aromatic heterocycles. The van der Waals surface area contributed by atoms with Crippen LogP contribution in [0.4, 0.5) is 0 Å². The topological polar surface area (TPSA) is 94.3 Å². The number of carboxylic acids is 1. The summed E-state index contributed by atoms with van der Waals surface area (Å²) >= 11 is 1.45. The van der Waals surface area contributed by atoms with E-state index in [1.165, 1.54) is 16.0 Å². The van der Waals surface area contributed by atoms with E-state index in [4.69, 9.17) is 9.84 Å². The van der Waals surface area contributed by atoms with Crippen molar-refractivity contribution in [3.05, 3.63) is 28.4 Å². The summed E-state index contributed by atoms with van der Waals surface area (Å²) < 4.78 is 6.57. The quantitative estimate of drug-likeness (QED) is 0.784. The van der Waals surface area contributed by atoms with Crippen molar-refractivity contribution < 1.29 is 19.4 Å². The van der Waals surface area contributed by atoms with Crippen LogP contribution in [0, 0.1) is 0 Å². The monoisotopic (exact) mass is 323 g/mol. The van der Waals surface area contributed by atoms with Crippen LogP contribution in [0.2, 0.25) is 0 Å². The van der Waals surface area contributed by atoms with E-state index >= 15 is 0 Å². The lowest BCUT2D eigenvalue weighted by Crippen LogP contribution is -2.07. The molecule has 118 valence electrons. The van der Waals surface area contributed by atoms with Gasteiger partial charge in [0.2, 0.25) is 0 Å². The van der Waals surface area contributed by atoms with E-state index in [1.54, 1.807) is 19.2 Å². The third-order valence-corrected chi connectivity index (χ3v) is 4.22. The Bertz CT molecular complexity index is 677. The van der Waals surface area contributed by atoms with E-state index in [0.29, 0.717) is 29.3 Å². The number of nitrogens with zero attached hydrogens (tertiary/aromatic N) is 3. The molecule has 0 saturated heterocycles. The molecule has 0 aliphatic rings. The highest BCUT2D eigenvalue weighted by Crippen LogP contribution is 2.27. The first-order chi connectivity index (χ1) is 10.5. The van der Waals surface area contributed by atoms with Crippen LogP contribution in [0.15, 0.2) is 12.3 Å². The fraction of sp³-hybridized carbons (Fsp3) is 0.429. The first-order valence-electron chi connectivity index (χ1n) is 6.98. The fourth-order valence-electron chi connectivity index (χ4n) is 1.88. The molecule has 0 aromatic carbocycles. The van der Waals surface area contributed by atoms with Gasteiger partial charge in [0, 0.05) is 11.3 Å². The maximum Gasteiger partial charge on any atom is 0.341 e. The zero-order valence-corrected chi connectivity index (χ0v) is 13.2. The van der Waals surface area contributed by atoms with Crippen LogP contribution in [0.1, 0.15) is 41.2 Å². The summed E-state index contributed by atoms with van der Waals surface area (Å²) in [6.45, 7) is 4.06. The standard InChI is InChI=1S/C14H17N3O4S/c1-3-10-7-11(14(20)21-4-2)13(22-10)17-8-9(15-16-17)5-6-12(18)19/h7-8H,3-6H2,1-2H3,(H,18,19). The van der Waals surface area contributed by atoms with E-state index in [9.17, 15) is 9.59 Å². The molecule has 1 N–H and O–H groups in total. The van der Waals surface area contributed by atoms with Crippen LogP contribution < -0.4 is 0 Å². The third-order valence-electron chi connectivity index (χ3n) is 2.95. The Morgan fingerprint density at radius 3 is 2.82 bits per heavy atom. The summed E-state index contributed by atoms with van der Waals surface area (Å²) in [5, 5.41) is 17.3. The van der Waals surface area contributed by atoms with Crippen LogP contribution in [0.25, 0.3) is 5.00 Å². The van der Waals surface area contributed by atoms with Gasteiger partial charge in [-0.05, 0) is 19.4 Å². The van der Waals surface area contributed by atoms with Crippen molar-refractivity contribution >= 4 is 23.3 Å². The van der Waals surface area contributed by atoms with Crippen LogP contribution in [-0.2, 0) is 22.4 Å². The summed E-state index contributed by atoms with van der Waals surface area (Å²) in [6, 6.07) is 1.80. The van der Waals surface area contributed by atoms with E-state index in [0.717, 1.165) is 11.3 Å². The van der Waals surface area contributed by atoms with E-state index in [-0.39, 0.29) is 6.42 Å². The minimum atomic E-state index is -0.883. The van der Waals surface area contributed by atoms with Gasteiger partial charge in [-0.1, -0.05) is 12.1 Å². The highest BCUT2D eigenvalue weighted by Gasteiger charge is 2.19. The SMILES string of the molecule is CCOC(=O)c1cc(CC)sc1-n1cc(CCC(=O)O)nn1. The molecule has 0 aliphatic heterocycles.